The van der Waals surface area contributed by atoms with E-state index >= 15 is 0 Å². The summed E-state index contributed by atoms with van der Waals surface area (Å²) in [5, 5.41) is 4.03. The van der Waals surface area contributed by atoms with Gasteiger partial charge in [0.25, 0.3) is 0 Å². The van der Waals surface area contributed by atoms with Crippen LogP contribution in [0.1, 0.15) is 17.9 Å². The zero-order valence-electron chi connectivity index (χ0n) is 9.55. The molecule has 0 spiro atoms. The van der Waals surface area contributed by atoms with E-state index in [1.165, 1.54) is 0 Å². The lowest BCUT2D eigenvalue weighted by atomic mass is 9.97. The first-order valence-electron chi connectivity index (χ1n) is 5.38. The van der Waals surface area contributed by atoms with Gasteiger partial charge in [-0.1, -0.05) is 11.6 Å². The molecule has 0 amide bonds. The average molecular weight is 242 g/mol. The van der Waals surface area contributed by atoms with E-state index in [4.69, 9.17) is 21.1 Å². The van der Waals surface area contributed by atoms with Gasteiger partial charge in [0.05, 0.1) is 14.2 Å². The number of ether oxygens (including phenoxy) is 2. The van der Waals surface area contributed by atoms with Crippen molar-refractivity contribution in [2.45, 2.75) is 12.3 Å². The van der Waals surface area contributed by atoms with Crippen LogP contribution in [0.2, 0.25) is 5.02 Å². The molecule has 1 saturated heterocycles. The molecule has 1 N–H and O–H groups in total. The van der Waals surface area contributed by atoms with Crippen LogP contribution in [0.4, 0.5) is 0 Å². The fraction of sp³-hybridized carbons (Fsp3) is 0.500. The van der Waals surface area contributed by atoms with Crippen molar-refractivity contribution in [2.24, 2.45) is 0 Å². The molecular formula is C12H16ClNO2. The first-order chi connectivity index (χ1) is 7.76. The fourth-order valence-corrected chi connectivity index (χ4v) is 2.40. The molecule has 3 nitrogen and oxygen atoms in total. The van der Waals surface area contributed by atoms with Gasteiger partial charge in [-0.3, -0.25) is 0 Å². The van der Waals surface area contributed by atoms with Crippen LogP contribution in [0.5, 0.6) is 11.5 Å². The predicted molar refractivity (Wildman–Crippen MR) is 64.8 cm³/mol. The number of rotatable bonds is 3. The molecule has 0 radical (unpaired) electrons. The third kappa shape index (κ3) is 2.11. The number of methoxy groups -OCH3 is 2. The van der Waals surface area contributed by atoms with Crippen LogP contribution < -0.4 is 14.8 Å². The third-order valence-corrected chi connectivity index (χ3v) is 3.19. The van der Waals surface area contributed by atoms with Crippen molar-refractivity contribution in [3.63, 3.8) is 0 Å². The van der Waals surface area contributed by atoms with E-state index in [0.29, 0.717) is 16.7 Å². The summed E-state index contributed by atoms with van der Waals surface area (Å²) in [7, 11) is 3.29. The Morgan fingerprint density at radius 2 is 2.12 bits per heavy atom. The number of nitrogens with one attached hydrogen (secondary N) is 1. The summed E-state index contributed by atoms with van der Waals surface area (Å²) in [6.45, 7) is 2.02. The molecule has 0 bridgehead atoms. The monoisotopic (exact) mass is 241 g/mol. The van der Waals surface area contributed by atoms with E-state index < -0.39 is 0 Å². The maximum Gasteiger partial charge on any atom is 0.164 e. The first-order valence-corrected chi connectivity index (χ1v) is 5.76. The number of hydrogen-bond donors (Lipinski definition) is 1. The lowest BCUT2D eigenvalue weighted by Crippen LogP contribution is -2.09. The lowest BCUT2D eigenvalue weighted by Gasteiger charge is -2.17. The van der Waals surface area contributed by atoms with E-state index in [1.54, 1.807) is 20.3 Å². The molecule has 1 aliphatic heterocycles. The largest absolute Gasteiger partial charge is 0.493 e. The Balaban J connectivity index is 2.44. The van der Waals surface area contributed by atoms with Gasteiger partial charge < -0.3 is 14.8 Å². The summed E-state index contributed by atoms with van der Waals surface area (Å²) in [5.41, 5.74) is 1.14. The summed E-state index contributed by atoms with van der Waals surface area (Å²) >= 11 is 6.08. The van der Waals surface area contributed by atoms with Crippen LogP contribution in [0.15, 0.2) is 12.1 Å². The minimum Gasteiger partial charge on any atom is -0.493 e. The third-order valence-electron chi connectivity index (χ3n) is 2.97. The van der Waals surface area contributed by atoms with Crippen molar-refractivity contribution in [3.8, 4) is 11.5 Å². The number of benzene rings is 1. The average Bonchev–Trinajstić information content (AvgIpc) is 2.81. The van der Waals surface area contributed by atoms with Gasteiger partial charge in [-0.05, 0) is 19.0 Å². The van der Waals surface area contributed by atoms with Crippen LogP contribution in [0, 0.1) is 0 Å². The first kappa shape index (κ1) is 11.6. The second-order valence-corrected chi connectivity index (χ2v) is 4.36. The van der Waals surface area contributed by atoms with E-state index in [9.17, 15) is 0 Å². The predicted octanol–water partition coefficient (Wildman–Crippen LogP) is 2.43. The van der Waals surface area contributed by atoms with Crippen molar-refractivity contribution < 1.29 is 9.47 Å². The molecule has 0 saturated carbocycles. The number of hydrogen-bond acceptors (Lipinski definition) is 3. The Morgan fingerprint density at radius 1 is 1.31 bits per heavy atom. The Labute approximate surface area is 101 Å². The molecule has 1 fully saturated rings. The summed E-state index contributed by atoms with van der Waals surface area (Å²) in [4.78, 5) is 0. The highest BCUT2D eigenvalue weighted by atomic mass is 35.5. The van der Waals surface area contributed by atoms with Gasteiger partial charge in [0.1, 0.15) is 0 Å². The minimum atomic E-state index is 0.461. The molecule has 1 atom stereocenters. The van der Waals surface area contributed by atoms with Crippen molar-refractivity contribution in [3.05, 3.63) is 22.7 Å². The lowest BCUT2D eigenvalue weighted by molar-refractivity contribution is 0.350. The molecule has 1 aromatic rings. The molecule has 4 heteroatoms. The molecule has 2 rings (SSSR count). The highest BCUT2D eigenvalue weighted by Gasteiger charge is 2.23. The van der Waals surface area contributed by atoms with E-state index in [0.717, 1.165) is 30.8 Å². The standard InChI is InChI=1S/C12H16ClNO2/c1-15-11-6-9(13)5-10(12(11)16-2)8-3-4-14-7-8/h5-6,8,14H,3-4,7H2,1-2H3. The molecule has 1 heterocycles. The molecule has 0 aliphatic carbocycles. The van der Waals surface area contributed by atoms with Gasteiger partial charge >= 0.3 is 0 Å². The second kappa shape index (κ2) is 4.93. The topological polar surface area (TPSA) is 30.5 Å². The highest BCUT2D eigenvalue weighted by Crippen LogP contribution is 2.40. The van der Waals surface area contributed by atoms with Crippen molar-refractivity contribution in [1.29, 1.82) is 0 Å². The Bertz CT molecular complexity index is 376. The molecule has 1 aromatic carbocycles. The maximum absolute atomic E-state index is 6.08. The van der Waals surface area contributed by atoms with E-state index in [2.05, 4.69) is 5.32 Å². The molecule has 0 aromatic heterocycles. The maximum atomic E-state index is 6.08. The summed E-state index contributed by atoms with van der Waals surface area (Å²) in [6, 6.07) is 3.76. The Morgan fingerprint density at radius 3 is 2.69 bits per heavy atom. The Hall–Kier alpha value is -0.930. The fourth-order valence-electron chi connectivity index (χ4n) is 2.18. The smallest absolute Gasteiger partial charge is 0.164 e. The zero-order valence-corrected chi connectivity index (χ0v) is 10.3. The minimum absolute atomic E-state index is 0.461. The molecule has 1 aliphatic rings. The van der Waals surface area contributed by atoms with Crippen molar-refractivity contribution in [1.82, 2.24) is 5.32 Å². The zero-order chi connectivity index (χ0) is 11.5. The quantitative estimate of drug-likeness (QED) is 0.882. The van der Waals surface area contributed by atoms with Crippen LogP contribution >= 0.6 is 11.6 Å². The van der Waals surface area contributed by atoms with Crippen LogP contribution in [0.25, 0.3) is 0 Å². The molecule has 88 valence electrons. The second-order valence-electron chi connectivity index (χ2n) is 3.92. The van der Waals surface area contributed by atoms with Crippen LogP contribution in [-0.2, 0) is 0 Å². The normalized spacial score (nSPS) is 19.8. The van der Waals surface area contributed by atoms with Gasteiger partial charge in [0.15, 0.2) is 11.5 Å². The van der Waals surface area contributed by atoms with E-state index in [1.807, 2.05) is 6.07 Å². The SMILES string of the molecule is COc1cc(Cl)cc(C2CCNC2)c1OC. The van der Waals surface area contributed by atoms with Gasteiger partial charge in [-0.25, -0.2) is 0 Å². The van der Waals surface area contributed by atoms with Crippen molar-refractivity contribution in [2.75, 3.05) is 27.3 Å². The van der Waals surface area contributed by atoms with Crippen LogP contribution in [-0.4, -0.2) is 27.3 Å². The summed E-state index contributed by atoms with van der Waals surface area (Å²) < 4.78 is 10.7. The molecular weight excluding hydrogens is 226 g/mol. The van der Waals surface area contributed by atoms with Crippen molar-refractivity contribution >= 4 is 11.6 Å². The highest BCUT2D eigenvalue weighted by molar-refractivity contribution is 6.30. The number of halogens is 1. The molecule has 16 heavy (non-hydrogen) atoms. The van der Waals surface area contributed by atoms with E-state index in [-0.39, 0.29) is 0 Å². The van der Waals surface area contributed by atoms with Gasteiger partial charge in [-0.15, -0.1) is 0 Å². The van der Waals surface area contributed by atoms with Crippen LogP contribution in [0.3, 0.4) is 0 Å². The summed E-state index contributed by atoms with van der Waals surface area (Å²) in [5.74, 6) is 1.97. The Kier molecular flexibility index (Phi) is 3.56. The van der Waals surface area contributed by atoms with Gasteiger partial charge in [-0.2, -0.15) is 0 Å². The van der Waals surface area contributed by atoms with Gasteiger partial charge in [0.2, 0.25) is 0 Å². The summed E-state index contributed by atoms with van der Waals surface area (Å²) in [6.07, 6.45) is 1.11. The van der Waals surface area contributed by atoms with Gasteiger partial charge in [0, 0.05) is 29.1 Å². The molecule has 1 unspecified atom stereocenters.